The van der Waals surface area contributed by atoms with Gasteiger partial charge in [-0.3, -0.25) is 9.78 Å². The quantitative estimate of drug-likeness (QED) is 0.549. The molecule has 1 aromatic rings. The lowest BCUT2D eigenvalue weighted by Crippen LogP contribution is -2.13. The zero-order valence-corrected chi connectivity index (χ0v) is 9.54. The van der Waals surface area contributed by atoms with Crippen molar-refractivity contribution in [1.82, 2.24) is 4.98 Å². The van der Waals surface area contributed by atoms with Crippen molar-refractivity contribution in [3.63, 3.8) is 0 Å². The summed E-state index contributed by atoms with van der Waals surface area (Å²) in [5.74, 6) is -0.0408. The molecule has 3 heteroatoms. The lowest BCUT2D eigenvalue weighted by Gasteiger charge is -2.05. The number of pyridine rings is 1. The molecule has 0 aliphatic heterocycles. The summed E-state index contributed by atoms with van der Waals surface area (Å²) in [6, 6.07) is 1.96. The summed E-state index contributed by atoms with van der Waals surface area (Å²) in [7, 11) is 0. The predicted octanol–water partition coefficient (Wildman–Crippen LogP) is 2.31. The van der Waals surface area contributed by atoms with Crippen LogP contribution in [0.15, 0.2) is 12.3 Å². The lowest BCUT2D eigenvalue weighted by molar-refractivity contribution is 0.0756. The number of Topliss-reactive ketones (excluding diaryl/α,β-unsaturated/α-hetero) is 1. The summed E-state index contributed by atoms with van der Waals surface area (Å²) in [6.07, 6.45) is 2.63. The fourth-order valence-corrected chi connectivity index (χ4v) is 1.38. The molecular formula is C12H17NO2. The van der Waals surface area contributed by atoms with Crippen LogP contribution < -0.4 is 0 Å². The number of rotatable bonds is 5. The van der Waals surface area contributed by atoms with Gasteiger partial charge in [0.15, 0.2) is 0 Å². The van der Waals surface area contributed by atoms with Crippen LogP contribution in [0.3, 0.4) is 0 Å². The van der Waals surface area contributed by atoms with Crippen LogP contribution in [0.1, 0.15) is 35.0 Å². The second-order valence-corrected chi connectivity index (χ2v) is 3.65. The number of carbonyl (C=O) groups excluding carboxylic acids is 1. The molecule has 0 aliphatic rings. The normalized spacial score (nSPS) is 10.3. The summed E-state index contributed by atoms with van der Waals surface area (Å²) >= 11 is 0. The van der Waals surface area contributed by atoms with Crippen LogP contribution in [-0.4, -0.2) is 24.0 Å². The molecule has 0 aliphatic carbocycles. The van der Waals surface area contributed by atoms with E-state index >= 15 is 0 Å². The van der Waals surface area contributed by atoms with Crippen LogP contribution in [0.5, 0.6) is 0 Å². The van der Waals surface area contributed by atoms with E-state index in [1.54, 1.807) is 6.20 Å². The minimum atomic E-state index is -0.0408. The largest absolute Gasteiger partial charge is 0.373 e. The molecule has 0 atom stereocenters. The van der Waals surface area contributed by atoms with E-state index in [0.29, 0.717) is 12.3 Å². The van der Waals surface area contributed by atoms with E-state index in [1.807, 2.05) is 26.8 Å². The SMILES string of the molecule is CCCOCC(=O)c1ncc(C)cc1C. The first-order valence-corrected chi connectivity index (χ1v) is 5.19. The molecule has 0 unspecified atom stereocenters. The van der Waals surface area contributed by atoms with E-state index in [2.05, 4.69) is 4.98 Å². The smallest absolute Gasteiger partial charge is 0.206 e. The zero-order chi connectivity index (χ0) is 11.3. The van der Waals surface area contributed by atoms with Gasteiger partial charge in [-0.05, 0) is 31.4 Å². The number of aryl methyl sites for hydroxylation is 2. The molecule has 82 valence electrons. The Labute approximate surface area is 90.5 Å². The first kappa shape index (κ1) is 11.9. The second-order valence-electron chi connectivity index (χ2n) is 3.65. The van der Waals surface area contributed by atoms with Crippen molar-refractivity contribution < 1.29 is 9.53 Å². The number of aromatic nitrogens is 1. The Morgan fingerprint density at radius 3 is 2.80 bits per heavy atom. The molecule has 0 spiro atoms. The number of ketones is 1. The van der Waals surface area contributed by atoms with Crippen LogP contribution in [0.4, 0.5) is 0 Å². The van der Waals surface area contributed by atoms with Crippen LogP contribution in [0, 0.1) is 13.8 Å². The number of ether oxygens (including phenoxy) is 1. The van der Waals surface area contributed by atoms with Crippen LogP contribution in [-0.2, 0) is 4.74 Å². The molecule has 1 rings (SSSR count). The Balaban J connectivity index is 2.65. The van der Waals surface area contributed by atoms with Crippen molar-refractivity contribution in [1.29, 1.82) is 0 Å². The van der Waals surface area contributed by atoms with Gasteiger partial charge in [0.1, 0.15) is 12.3 Å². The Morgan fingerprint density at radius 2 is 2.20 bits per heavy atom. The molecule has 3 nitrogen and oxygen atoms in total. The maximum atomic E-state index is 11.7. The third-order valence-electron chi connectivity index (χ3n) is 2.06. The third kappa shape index (κ3) is 3.44. The molecule has 0 fully saturated rings. The maximum absolute atomic E-state index is 11.7. The first-order chi connectivity index (χ1) is 7.15. The van der Waals surface area contributed by atoms with E-state index in [4.69, 9.17) is 4.74 Å². The van der Waals surface area contributed by atoms with E-state index in [0.717, 1.165) is 17.5 Å². The van der Waals surface area contributed by atoms with Crippen molar-refractivity contribution in [2.45, 2.75) is 27.2 Å². The number of nitrogens with zero attached hydrogens (tertiary/aromatic N) is 1. The highest BCUT2D eigenvalue weighted by Crippen LogP contribution is 2.07. The van der Waals surface area contributed by atoms with Crippen molar-refractivity contribution in [2.24, 2.45) is 0 Å². The molecule has 1 heterocycles. The first-order valence-electron chi connectivity index (χ1n) is 5.19. The average Bonchev–Trinajstić information content (AvgIpc) is 2.17. The molecule has 15 heavy (non-hydrogen) atoms. The van der Waals surface area contributed by atoms with Gasteiger partial charge in [-0.15, -0.1) is 0 Å². The maximum Gasteiger partial charge on any atom is 0.206 e. The Morgan fingerprint density at radius 1 is 1.47 bits per heavy atom. The van der Waals surface area contributed by atoms with Gasteiger partial charge in [0.05, 0.1) is 0 Å². The van der Waals surface area contributed by atoms with Gasteiger partial charge in [0.2, 0.25) is 5.78 Å². The van der Waals surface area contributed by atoms with Crippen LogP contribution >= 0.6 is 0 Å². The highest BCUT2D eigenvalue weighted by molar-refractivity contribution is 5.96. The molecule has 0 N–H and O–H groups in total. The lowest BCUT2D eigenvalue weighted by atomic mass is 10.1. The van der Waals surface area contributed by atoms with Gasteiger partial charge in [0.25, 0.3) is 0 Å². The van der Waals surface area contributed by atoms with Crippen molar-refractivity contribution in [3.8, 4) is 0 Å². The third-order valence-corrected chi connectivity index (χ3v) is 2.06. The van der Waals surface area contributed by atoms with Gasteiger partial charge >= 0.3 is 0 Å². The van der Waals surface area contributed by atoms with Crippen LogP contribution in [0.2, 0.25) is 0 Å². The average molecular weight is 207 g/mol. The minimum Gasteiger partial charge on any atom is -0.373 e. The monoisotopic (exact) mass is 207 g/mol. The molecule has 0 saturated carbocycles. The predicted molar refractivity (Wildman–Crippen MR) is 59.2 cm³/mol. The summed E-state index contributed by atoms with van der Waals surface area (Å²) in [5.41, 5.74) is 2.51. The van der Waals surface area contributed by atoms with Crippen molar-refractivity contribution >= 4 is 5.78 Å². The number of carbonyl (C=O) groups is 1. The summed E-state index contributed by atoms with van der Waals surface area (Å²) in [5, 5.41) is 0. The molecule has 0 bridgehead atoms. The van der Waals surface area contributed by atoms with E-state index in [1.165, 1.54) is 0 Å². The Kier molecular flexibility index (Phi) is 4.43. The summed E-state index contributed by atoms with van der Waals surface area (Å²) < 4.78 is 5.19. The fourth-order valence-electron chi connectivity index (χ4n) is 1.38. The van der Waals surface area contributed by atoms with Crippen molar-refractivity contribution in [2.75, 3.05) is 13.2 Å². The van der Waals surface area contributed by atoms with Gasteiger partial charge in [-0.2, -0.15) is 0 Å². The minimum absolute atomic E-state index is 0.0408. The van der Waals surface area contributed by atoms with E-state index < -0.39 is 0 Å². The zero-order valence-electron chi connectivity index (χ0n) is 9.54. The second kappa shape index (κ2) is 5.61. The molecule has 1 aromatic heterocycles. The standard InChI is InChI=1S/C12H17NO2/c1-4-5-15-8-11(14)12-10(3)6-9(2)7-13-12/h6-7H,4-5,8H2,1-3H3. The van der Waals surface area contributed by atoms with E-state index in [9.17, 15) is 4.79 Å². The van der Waals surface area contributed by atoms with Crippen LogP contribution in [0.25, 0.3) is 0 Å². The Hall–Kier alpha value is -1.22. The number of hydrogen-bond donors (Lipinski definition) is 0. The molecule has 0 radical (unpaired) electrons. The van der Waals surface area contributed by atoms with Crippen molar-refractivity contribution in [3.05, 3.63) is 29.1 Å². The fraction of sp³-hybridized carbons (Fsp3) is 0.500. The Bertz CT molecular complexity index is 347. The highest BCUT2D eigenvalue weighted by Gasteiger charge is 2.10. The van der Waals surface area contributed by atoms with Gasteiger partial charge in [-0.1, -0.05) is 13.0 Å². The topological polar surface area (TPSA) is 39.2 Å². The van der Waals surface area contributed by atoms with E-state index in [-0.39, 0.29) is 12.4 Å². The van der Waals surface area contributed by atoms with Gasteiger partial charge < -0.3 is 4.74 Å². The molecule has 0 aromatic carbocycles. The van der Waals surface area contributed by atoms with Gasteiger partial charge in [0, 0.05) is 12.8 Å². The molecular weight excluding hydrogens is 190 g/mol. The molecule has 0 amide bonds. The van der Waals surface area contributed by atoms with Gasteiger partial charge in [-0.25, -0.2) is 0 Å². The highest BCUT2D eigenvalue weighted by atomic mass is 16.5. The summed E-state index contributed by atoms with van der Waals surface area (Å²) in [4.78, 5) is 15.8. The summed E-state index contributed by atoms with van der Waals surface area (Å²) in [6.45, 7) is 6.62. The molecule has 0 saturated heterocycles. The number of hydrogen-bond acceptors (Lipinski definition) is 3.